The standard InChI is InChI=1S/C26H24FNO2/c1-18(2)15-28-16-25(20-9-6-10-21(27)13-20)24-14-22(11-12-23(24)26(28)29)30-17-19-7-4-3-5-8-19/h3-14,16,18H,15,17H2,1-2H3. The molecule has 0 radical (unpaired) electrons. The topological polar surface area (TPSA) is 31.2 Å². The summed E-state index contributed by atoms with van der Waals surface area (Å²) in [6, 6.07) is 21.9. The van der Waals surface area contributed by atoms with Crippen molar-refractivity contribution in [1.82, 2.24) is 4.57 Å². The summed E-state index contributed by atoms with van der Waals surface area (Å²) in [5.41, 5.74) is 2.57. The maximum absolute atomic E-state index is 13.9. The van der Waals surface area contributed by atoms with E-state index in [4.69, 9.17) is 4.74 Å². The lowest BCUT2D eigenvalue weighted by Gasteiger charge is -2.15. The van der Waals surface area contributed by atoms with Gasteiger partial charge in [0.05, 0.1) is 0 Å². The highest BCUT2D eigenvalue weighted by molar-refractivity contribution is 5.96. The molecule has 0 atom stereocenters. The molecule has 4 aromatic rings. The number of rotatable bonds is 6. The molecule has 152 valence electrons. The van der Waals surface area contributed by atoms with E-state index >= 15 is 0 Å². The first-order chi connectivity index (χ1) is 14.5. The van der Waals surface area contributed by atoms with Gasteiger partial charge in [0.2, 0.25) is 0 Å². The summed E-state index contributed by atoms with van der Waals surface area (Å²) in [6.45, 7) is 5.17. The van der Waals surface area contributed by atoms with Crippen LogP contribution in [0.3, 0.4) is 0 Å². The second-order valence-electron chi connectivity index (χ2n) is 7.89. The molecule has 4 rings (SSSR count). The number of pyridine rings is 1. The smallest absolute Gasteiger partial charge is 0.258 e. The summed E-state index contributed by atoms with van der Waals surface area (Å²) in [7, 11) is 0. The van der Waals surface area contributed by atoms with Gasteiger partial charge in [-0.05, 0) is 47.4 Å². The van der Waals surface area contributed by atoms with Crippen LogP contribution in [0.25, 0.3) is 21.9 Å². The van der Waals surface area contributed by atoms with Crippen molar-refractivity contribution in [3.05, 3.63) is 101 Å². The number of nitrogens with zero attached hydrogens (tertiary/aromatic N) is 1. The van der Waals surface area contributed by atoms with Gasteiger partial charge >= 0.3 is 0 Å². The Morgan fingerprint density at radius 3 is 2.47 bits per heavy atom. The lowest BCUT2D eigenvalue weighted by Crippen LogP contribution is -2.22. The van der Waals surface area contributed by atoms with Crippen molar-refractivity contribution in [2.75, 3.05) is 0 Å². The van der Waals surface area contributed by atoms with Crippen molar-refractivity contribution in [2.24, 2.45) is 5.92 Å². The Bertz CT molecular complexity index is 1230. The average molecular weight is 401 g/mol. The van der Waals surface area contributed by atoms with Crippen molar-refractivity contribution < 1.29 is 9.13 Å². The molecule has 0 fully saturated rings. The van der Waals surface area contributed by atoms with Crippen LogP contribution in [-0.4, -0.2) is 4.57 Å². The van der Waals surface area contributed by atoms with Crippen molar-refractivity contribution in [2.45, 2.75) is 27.0 Å². The van der Waals surface area contributed by atoms with Crippen molar-refractivity contribution in [3.8, 4) is 16.9 Å². The molecular weight excluding hydrogens is 377 g/mol. The SMILES string of the molecule is CC(C)Cn1cc(-c2cccc(F)c2)c2cc(OCc3ccccc3)ccc2c1=O. The van der Waals surface area contributed by atoms with Crippen molar-refractivity contribution in [3.63, 3.8) is 0 Å². The van der Waals surface area contributed by atoms with Gasteiger partial charge in [0, 0.05) is 29.1 Å². The number of aromatic nitrogens is 1. The van der Waals surface area contributed by atoms with Crippen LogP contribution >= 0.6 is 0 Å². The molecule has 0 amide bonds. The highest BCUT2D eigenvalue weighted by Gasteiger charge is 2.13. The van der Waals surface area contributed by atoms with Crippen LogP contribution in [0.5, 0.6) is 5.75 Å². The Hall–Kier alpha value is -3.40. The number of ether oxygens (including phenoxy) is 1. The Labute approximate surface area is 175 Å². The zero-order valence-electron chi connectivity index (χ0n) is 17.1. The van der Waals surface area contributed by atoms with Crippen LogP contribution in [0.4, 0.5) is 4.39 Å². The fourth-order valence-electron chi connectivity index (χ4n) is 3.62. The van der Waals surface area contributed by atoms with Crippen molar-refractivity contribution >= 4 is 10.8 Å². The third kappa shape index (κ3) is 4.28. The molecule has 0 saturated carbocycles. The first-order valence-corrected chi connectivity index (χ1v) is 10.1. The summed E-state index contributed by atoms with van der Waals surface area (Å²) in [5, 5.41) is 1.36. The molecule has 0 bridgehead atoms. The summed E-state index contributed by atoms with van der Waals surface area (Å²) >= 11 is 0. The van der Waals surface area contributed by atoms with Crippen LogP contribution in [0, 0.1) is 11.7 Å². The third-order valence-electron chi connectivity index (χ3n) is 5.00. The third-order valence-corrected chi connectivity index (χ3v) is 5.00. The van der Waals surface area contributed by atoms with Crippen LogP contribution in [0.2, 0.25) is 0 Å². The van der Waals surface area contributed by atoms with Gasteiger partial charge in [-0.15, -0.1) is 0 Å². The molecule has 0 saturated heterocycles. The quantitative estimate of drug-likeness (QED) is 0.394. The predicted octanol–water partition coefficient (Wildman–Crippen LogP) is 6.04. The first kappa shape index (κ1) is 19.9. The van der Waals surface area contributed by atoms with E-state index in [1.54, 1.807) is 16.7 Å². The predicted molar refractivity (Wildman–Crippen MR) is 119 cm³/mol. The van der Waals surface area contributed by atoms with E-state index in [0.29, 0.717) is 30.2 Å². The summed E-state index contributed by atoms with van der Waals surface area (Å²) in [6.07, 6.45) is 1.83. The van der Waals surface area contributed by atoms with E-state index < -0.39 is 0 Å². The fraction of sp³-hybridized carbons (Fsp3) is 0.192. The average Bonchev–Trinajstić information content (AvgIpc) is 2.74. The van der Waals surface area contributed by atoms with Gasteiger partial charge in [-0.1, -0.05) is 56.3 Å². The maximum Gasteiger partial charge on any atom is 0.258 e. The van der Waals surface area contributed by atoms with E-state index in [2.05, 4.69) is 13.8 Å². The van der Waals surface area contributed by atoms with E-state index in [-0.39, 0.29) is 11.4 Å². The normalized spacial score (nSPS) is 11.2. The first-order valence-electron chi connectivity index (χ1n) is 10.1. The maximum atomic E-state index is 13.9. The highest BCUT2D eigenvalue weighted by Crippen LogP contribution is 2.30. The molecule has 1 heterocycles. The largest absolute Gasteiger partial charge is 0.489 e. The monoisotopic (exact) mass is 401 g/mol. The molecule has 30 heavy (non-hydrogen) atoms. The minimum absolute atomic E-state index is 0.0477. The lowest BCUT2D eigenvalue weighted by atomic mass is 10.00. The molecule has 3 aromatic carbocycles. The zero-order valence-corrected chi connectivity index (χ0v) is 17.1. The number of hydrogen-bond donors (Lipinski definition) is 0. The van der Waals surface area contributed by atoms with Crippen LogP contribution in [0.15, 0.2) is 83.8 Å². The zero-order chi connectivity index (χ0) is 21.1. The van der Waals surface area contributed by atoms with Crippen LogP contribution in [0.1, 0.15) is 19.4 Å². The van der Waals surface area contributed by atoms with Gasteiger partial charge in [-0.25, -0.2) is 4.39 Å². The van der Waals surface area contributed by atoms with E-state index in [0.717, 1.165) is 22.1 Å². The Kier molecular flexibility index (Phi) is 5.66. The van der Waals surface area contributed by atoms with E-state index in [9.17, 15) is 9.18 Å². The molecule has 0 N–H and O–H groups in total. The van der Waals surface area contributed by atoms with E-state index in [1.807, 2.05) is 54.7 Å². The molecule has 0 aliphatic rings. The molecule has 3 nitrogen and oxygen atoms in total. The molecule has 0 spiro atoms. The minimum Gasteiger partial charge on any atom is -0.489 e. The minimum atomic E-state index is -0.307. The highest BCUT2D eigenvalue weighted by atomic mass is 19.1. The van der Waals surface area contributed by atoms with Gasteiger partial charge in [0.15, 0.2) is 0 Å². The van der Waals surface area contributed by atoms with Gasteiger partial charge in [0.1, 0.15) is 18.2 Å². The van der Waals surface area contributed by atoms with Crippen LogP contribution in [-0.2, 0) is 13.2 Å². The van der Waals surface area contributed by atoms with Crippen LogP contribution < -0.4 is 10.3 Å². The van der Waals surface area contributed by atoms with Gasteiger partial charge in [0.25, 0.3) is 5.56 Å². The summed E-state index contributed by atoms with van der Waals surface area (Å²) in [5.74, 6) is 0.678. The molecular formula is C26H24FNO2. The molecule has 0 unspecified atom stereocenters. The Morgan fingerprint density at radius 2 is 1.73 bits per heavy atom. The van der Waals surface area contributed by atoms with Gasteiger partial charge in [-0.2, -0.15) is 0 Å². The van der Waals surface area contributed by atoms with Crippen molar-refractivity contribution in [1.29, 1.82) is 0 Å². The van der Waals surface area contributed by atoms with Gasteiger partial charge in [-0.3, -0.25) is 4.79 Å². The second kappa shape index (κ2) is 8.54. The fourth-order valence-corrected chi connectivity index (χ4v) is 3.62. The Morgan fingerprint density at radius 1 is 0.933 bits per heavy atom. The number of benzene rings is 3. The summed E-state index contributed by atoms with van der Waals surface area (Å²) < 4.78 is 21.6. The molecule has 0 aliphatic heterocycles. The number of hydrogen-bond acceptors (Lipinski definition) is 2. The molecule has 4 heteroatoms. The summed E-state index contributed by atoms with van der Waals surface area (Å²) in [4.78, 5) is 13.1. The molecule has 1 aromatic heterocycles. The van der Waals surface area contributed by atoms with Gasteiger partial charge < -0.3 is 9.30 Å². The molecule has 0 aliphatic carbocycles. The van der Waals surface area contributed by atoms with E-state index in [1.165, 1.54) is 12.1 Å². The number of halogens is 1. The number of fused-ring (bicyclic) bond motifs is 1. The second-order valence-corrected chi connectivity index (χ2v) is 7.89. The lowest BCUT2D eigenvalue weighted by molar-refractivity contribution is 0.306. The Balaban J connectivity index is 1.82.